The third-order valence-electron chi connectivity index (χ3n) is 3.02. The van der Waals surface area contributed by atoms with Crippen LogP contribution in [0.25, 0.3) is 0 Å². The van der Waals surface area contributed by atoms with Gasteiger partial charge in [-0.3, -0.25) is 4.79 Å². The summed E-state index contributed by atoms with van der Waals surface area (Å²) in [4.78, 5) is 12.0. The Kier molecular flexibility index (Phi) is 5.65. The molecule has 0 aliphatic heterocycles. The van der Waals surface area contributed by atoms with Gasteiger partial charge in [-0.15, -0.1) is 0 Å². The lowest BCUT2D eigenvalue weighted by Gasteiger charge is -2.07. The molecule has 0 spiro atoms. The maximum absolute atomic E-state index is 12.0. The average molecular weight is 369 g/mol. The molecule has 0 saturated carbocycles. The first-order valence-corrected chi connectivity index (χ1v) is 7.63. The molecule has 5 heteroatoms. The van der Waals surface area contributed by atoms with Crippen molar-refractivity contribution < 1.29 is 9.53 Å². The molecular formula is C16H15BrClNO2. The predicted molar refractivity (Wildman–Crippen MR) is 88.2 cm³/mol. The Balaban J connectivity index is 1.90. The minimum absolute atomic E-state index is 0.132. The summed E-state index contributed by atoms with van der Waals surface area (Å²) in [6.07, 6.45) is 0.743. The molecule has 110 valence electrons. The maximum atomic E-state index is 12.0. The van der Waals surface area contributed by atoms with Crippen molar-refractivity contribution in [3.63, 3.8) is 0 Å². The number of carbonyl (C=O) groups is 1. The van der Waals surface area contributed by atoms with Crippen molar-refractivity contribution >= 4 is 33.4 Å². The van der Waals surface area contributed by atoms with E-state index in [2.05, 4.69) is 21.2 Å². The average Bonchev–Trinajstić information content (AvgIpc) is 2.50. The van der Waals surface area contributed by atoms with E-state index in [-0.39, 0.29) is 5.91 Å². The summed E-state index contributed by atoms with van der Waals surface area (Å²) >= 11 is 9.28. The fraction of sp³-hybridized carbons (Fsp3) is 0.188. The summed E-state index contributed by atoms with van der Waals surface area (Å²) in [6.45, 7) is 0.555. The molecule has 2 aromatic carbocycles. The van der Waals surface area contributed by atoms with Crippen molar-refractivity contribution in [1.82, 2.24) is 5.32 Å². The van der Waals surface area contributed by atoms with Gasteiger partial charge in [0.1, 0.15) is 5.75 Å². The molecule has 0 saturated heterocycles. The molecule has 0 aromatic heterocycles. The van der Waals surface area contributed by atoms with Gasteiger partial charge in [-0.25, -0.2) is 0 Å². The van der Waals surface area contributed by atoms with Crippen LogP contribution in [0.15, 0.2) is 46.9 Å². The minimum Gasteiger partial charge on any atom is -0.497 e. The number of hydrogen-bond acceptors (Lipinski definition) is 2. The highest BCUT2D eigenvalue weighted by atomic mass is 79.9. The van der Waals surface area contributed by atoms with Crippen molar-refractivity contribution in [2.24, 2.45) is 0 Å². The number of benzene rings is 2. The molecule has 0 radical (unpaired) electrons. The molecule has 0 aliphatic carbocycles. The highest BCUT2D eigenvalue weighted by Gasteiger charge is 2.07. The lowest BCUT2D eigenvalue weighted by molar-refractivity contribution is 0.0954. The van der Waals surface area contributed by atoms with E-state index >= 15 is 0 Å². The second-order valence-electron chi connectivity index (χ2n) is 4.49. The summed E-state index contributed by atoms with van der Waals surface area (Å²) in [5, 5.41) is 3.40. The number of amides is 1. The van der Waals surface area contributed by atoms with Gasteiger partial charge >= 0.3 is 0 Å². The van der Waals surface area contributed by atoms with Gasteiger partial charge in [0.2, 0.25) is 0 Å². The van der Waals surface area contributed by atoms with E-state index in [1.165, 1.54) is 0 Å². The molecule has 0 atom stereocenters. The number of nitrogens with one attached hydrogen (secondary N) is 1. The summed E-state index contributed by atoms with van der Waals surface area (Å²) in [7, 11) is 1.64. The largest absolute Gasteiger partial charge is 0.497 e. The normalized spacial score (nSPS) is 10.2. The van der Waals surface area contributed by atoms with Crippen LogP contribution in [0.4, 0.5) is 0 Å². The minimum atomic E-state index is -0.132. The lowest BCUT2D eigenvalue weighted by atomic mass is 10.1. The monoisotopic (exact) mass is 367 g/mol. The van der Waals surface area contributed by atoms with Gasteiger partial charge in [0, 0.05) is 16.6 Å². The van der Waals surface area contributed by atoms with Crippen LogP contribution in [0, 0.1) is 0 Å². The Bertz CT molecular complexity index is 646. The number of hydrogen-bond donors (Lipinski definition) is 1. The first kappa shape index (κ1) is 15.9. The van der Waals surface area contributed by atoms with Crippen molar-refractivity contribution in [1.29, 1.82) is 0 Å². The van der Waals surface area contributed by atoms with Crippen LogP contribution < -0.4 is 10.1 Å². The van der Waals surface area contributed by atoms with Gasteiger partial charge in [0.05, 0.1) is 12.1 Å². The van der Waals surface area contributed by atoms with Crippen LogP contribution in [0.1, 0.15) is 15.9 Å². The zero-order valence-electron chi connectivity index (χ0n) is 11.5. The number of carbonyl (C=O) groups excluding carboxylic acids is 1. The van der Waals surface area contributed by atoms with Gasteiger partial charge in [-0.1, -0.05) is 23.7 Å². The van der Waals surface area contributed by atoms with Gasteiger partial charge in [-0.2, -0.15) is 0 Å². The van der Waals surface area contributed by atoms with E-state index < -0.39 is 0 Å². The summed E-state index contributed by atoms with van der Waals surface area (Å²) in [5.74, 6) is 0.686. The smallest absolute Gasteiger partial charge is 0.251 e. The molecular weight excluding hydrogens is 354 g/mol. The predicted octanol–water partition coefficient (Wildman–Crippen LogP) is 4.08. The molecule has 0 bridgehead atoms. The zero-order chi connectivity index (χ0) is 15.2. The van der Waals surface area contributed by atoms with Crippen LogP contribution in [0.3, 0.4) is 0 Å². The lowest BCUT2D eigenvalue weighted by Crippen LogP contribution is -2.25. The van der Waals surface area contributed by atoms with Crippen molar-refractivity contribution in [2.75, 3.05) is 13.7 Å². The third kappa shape index (κ3) is 4.48. The number of rotatable bonds is 5. The van der Waals surface area contributed by atoms with Gasteiger partial charge in [0.25, 0.3) is 5.91 Å². The summed E-state index contributed by atoms with van der Waals surface area (Å²) < 4.78 is 5.94. The molecule has 0 unspecified atom stereocenters. The Morgan fingerprint density at radius 3 is 2.81 bits per heavy atom. The van der Waals surface area contributed by atoms with E-state index in [4.69, 9.17) is 16.3 Å². The maximum Gasteiger partial charge on any atom is 0.251 e. The topological polar surface area (TPSA) is 38.3 Å². The molecule has 2 aromatic rings. The molecule has 2 rings (SSSR count). The highest BCUT2D eigenvalue weighted by molar-refractivity contribution is 9.10. The first-order chi connectivity index (χ1) is 10.1. The third-order valence-corrected chi connectivity index (χ3v) is 4.25. The van der Waals surface area contributed by atoms with E-state index in [1.54, 1.807) is 25.3 Å². The number of ether oxygens (including phenoxy) is 1. The van der Waals surface area contributed by atoms with Gasteiger partial charge in [-0.05, 0) is 58.2 Å². The van der Waals surface area contributed by atoms with E-state index in [1.807, 2.05) is 24.3 Å². The van der Waals surface area contributed by atoms with Crippen molar-refractivity contribution in [3.8, 4) is 5.75 Å². The van der Waals surface area contributed by atoms with Gasteiger partial charge in [0.15, 0.2) is 0 Å². The van der Waals surface area contributed by atoms with Gasteiger partial charge < -0.3 is 10.1 Å². The fourth-order valence-electron chi connectivity index (χ4n) is 1.89. The Hall–Kier alpha value is -1.52. The molecule has 0 aliphatic rings. The first-order valence-electron chi connectivity index (χ1n) is 6.46. The summed E-state index contributed by atoms with van der Waals surface area (Å²) in [6, 6.07) is 12.9. The molecule has 0 fully saturated rings. The van der Waals surface area contributed by atoms with E-state index in [0.717, 1.165) is 22.2 Å². The second-order valence-corrected chi connectivity index (χ2v) is 5.75. The fourth-order valence-corrected chi connectivity index (χ4v) is 2.31. The highest BCUT2D eigenvalue weighted by Crippen LogP contribution is 2.23. The molecule has 0 heterocycles. The van der Waals surface area contributed by atoms with Crippen LogP contribution in [0.5, 0.6) is 5.75 Å². The second kappa shape index (κ2) is 7.48. The van der Waals surface area contributed by atoms with E-state index in [0.29, 0.717) is 17.1 Å². The van der Waals surface area contributed by atoms with Crippen LogP contribution in [-0.2, 0) is 6.42 Å². The standard InChI is InChI=1S/C16H15BrClNO2/c1-21-13-4-2-3-11(9-13)7-8-19-16(20)12-5-6-14(17)15(18)10-12/h2-6,9-10H,7-8H2,1H3,(H,19,20). The van der Waals surface area contributed by atoms with E-state index in [9.17, 15) is 4.79 Å². The number of methoxy groups -OCH3 is 1. The number of halogens is 2. The molecule has 3 nitrogen and oxygen atoms in total. The molecule has 1 amide bonds. The summed E-state index contributed by atoms with van der Waals surface area (Å²) in [5.41, 5.74) is 1.66. The SMILES string of the molecule is COc1cccc(CCNC(=O)c2ccc(Br)c(Cl)c2)c1. The van der Waals surface area contributed by atoms with Crippen molar-refractivity contribution in [3.05, 3.63) is 63.1 Å². The Morgan fingerprint density at radius 1 is 1.29 bits per heavy atom. The Labute approximate surface area is 137 Å². The van der Waals surface area contributed by atoms with Crippen LogP contribution in [0.2, 0.25) is 5.02 Å². The van der Waals surface area contributed by atoms with Crippen LogP contribution >= 0.6 is 27.5 Å². The zero-order valence-corrected chi connectivity index (χ0v) is 13.9. The molecule has 1 N–H and O–H groups in total. The van der Waals surface area contributed by atoms with Crippen LogP contribution in [-0.4, -0.2) is 19.6 Å². The van der Waals surface area contributed by atoms with Crippen molar-refractivity contribution in [2.45, 2.75) is 6.42 Å². The Morgan fingerprint density at radius 2 is 2.10 bits per heavy atom. The molecule has 21 heavy (non-hydrogen) atoms. The quantitative estimate of drug-likeness (QED) is 0.863.